The summed E-state index contributed by atoms with van der Waals surface area (Å²) in [5.74, 6) is -0.281. The molecule has 0 amide bonds. The van der Waals surface area contributed by atoms with Crippen molar-refractivity contribution in [2.45, 2.75) is 30.6 Å². The van der Waals surface area contributed by atoms with Gasteiger partial charge in [-0.2, -0.15) is 0 Å². The standard InChI is InChI=1S/C17H18N2O4S2/c20-17(8-3-6-16-13(17)7-9-24-16)11-18-25(21,22)10-14-12-4-1-2-5-15(12)23-19-14/h1-2,4-5,7,9,18,20H,3,6,8,10-11H2. The van der Waals surface area contributed by atoms with Gasteiger partial charge in [0.15, 0.2) is 5.58 Å². The second-order valence-corrected chi connectivity index (χ2v) is 9.16. The first-order valence-corrected chi connectivity index (χ1v) is 10.6. The lowest BCUT2D eigenvalue weighted by Crippen LogP contribution is -2.42. The summed E-state index contributed by atoms with van der Waals surface area (Å²) in [5, 5.41) is 17.4. The van der Waals surface area contributed by atoms with E-state index in [0.29, 0.717) is 23.1 Å². The Bertz CT molecular complexity index is 1010. The summed E-state index contributed by atoms with van der Waals surface area (Å²) in [4.78, 5) is 1.13. The summed E-state index contributed by atoms with van der Waals surface area (Å²) >= 11 is 1.61. The number of hydrogen-bond donors (Lipinski definition) is 2. The lowest BCUT2D eigenvalue weighted by Gasteiger charge is -2.32. The number of hydrogen-bond acceptors (Lipinski definition) is 6. The number of sulfonamides is 1. The molecular weight excluding hydrogens is 360 g/mol. The Hall–Kier alpha value is -1.74. The lowest BCUT2D eigenvalue weighted by atomic mass is 9.83. The van der Waals surface area contributed by atoms with Crippen molar-refractivity contribution in [1.29, 1.82) is 0 Å². The number of aryl methyl sites for hydroxylation is 1. The Kier molecular flexibility index (Phi) is 4.15. The van der Waals surface area contributed by atoms with Crippen LogP contribution < -0.4 is 4.72 Å². The fourth-order valence-corrected chi connectivity index (χ4v) is 5.46. The van der Waals surface area contributed by atoms with Gasteiger partial charge in [-0.25, -0.2) is 13.1 Å². The first kappa shape index (κ1) is 16.7. The minimum absolute atomic E-state index is 0.0329. The molecule has 1 aromatic carbocycles. The van der Waals surface area contributed by atoms with Gasteiger partial charge in [-0.15, -0.1) is 11.3 Å². The van der Waals surface area contributed by atoms with E-state index in [-0.39, 0.29) is 12.3 Å². The predicted octanol–water partition coefficient (Wildman–Crippen LogP) is 2.53. The maximum Gasteiger partial charge on any atom is 0.217 e. The minimum Gasteiger partial charge on any atom is -0.384 e. The summed E-state index contributed by atoms with van der Waals surface area (Å²) in [7, 11) is -3.65. The number of fused-ring (bicyclic) bond motifs is 2. The van der Waals surface area contributed by atoms with Crippen LogP contribution in [0.2, 0.25) is 0 Å². The molecule has 0 bridgehead atoms. The molecule has 6 nitrogen and oxygen atoms in total. The molecule has 0 radical (unpaired) electrons. The molecule has 0 saturated heterocycles. The monoisotopic (exact) mass is 378 g/mol. The molecule has 8 heteroatoms. The van der Waals surface area contributed by atoms with Crippen LogP contribution in [0, 0.1) is 0 Å². The van der Waals surface area contributed by atoms with Crippen molar-refractivity contribution in [1.82, 2.24) is 9.88 Å². The second-order valence-electron chi connectivity index (χ2n) is 6.35. The quantitative estimate of drug-likeness (QED) is 0.712. The molecule has 2 aromatic heterocycles. The Labute approximate surface area is 149 Å². The maximum absolute atomic E-state index is 12.5. The van der Waals surface area contributed by atoms with Gasteiger partial charge in [0.05, 0.1) is 0 Å². The van der Waals surface area contributed by atoms with Gasteiger partial charge < -0.3 is 9.63 Å². The van der Waals surface area contributed by atoms with Gasteiger partial charge in [0.2, 0.25) is 10.0 Å². The zero-order valence-electron chi connectivity index (χ0n) is 13.4. The third kappa shape index (κ3) is 3.22. The molecule has 3 aromatic rings. The van der Waals surface area contributed by atoms with Crippen LogP contribution in [0.1, 0.15) is 29.0 Å². The van der Waals surface area contributed by atoms with E-state index in [1.807, 2.05) is 17.5 Å². The van der Waals surface area contributed by atoms with Crippen LogP contribution in [-0.4, -0.2) is 25.2 Å². The van der Waals surface area contributed by atoms with Crippen molar-refractivity contribution < 1.29 is 18.0 Å². The smallest absolute Gasteiger partial charge is 0.217 e. The van der Waals surface area contributed by atoms with Crippen LogP contribution >= 0.6 is 11.3 Å². The molecule has 25 heavy (non-hydrogen) atoms. The van der Waals surface area contributed by atoms with E-state index < -0.39 is 15.6 Å². The highest BCUT2D eigenvalue weighted by Crippen LogP contribution is 2.37. The molecule has 1 aliphatic rings. The van der Waals surface area contributed by atoms with Crippen LogP contribution in [0.3, 0.4) is 0 Å². The number of nitrogens with zero attached hydrogens (tertiary/aromatic N) is 1. The van der Waals surface area contributed by atoms with Crippen LogP contribution in [0.25, 0.3) is 11.0 Å². The summed E-state index contributed by atoms with van der Waals surface area (Å²) in [5.41, 5.74) is 0.627. The highest BCUT2D eigenvalue weighted by molar-refractivity contribution is 7.88. The zero-order valence-corrected chi connectivity index (χ0v) is 15.1. The predicted molar refractivity (Wildman–Crippen MR) is 95.8 cm³/mol. The van der Waals surface area contributed by atoms with Crippen molar-refractivity contribution in [3.05, 3.63) is 51.8 Å². The molecule has 1 atom stereocenters. The summed E-state index contributed by atoms with van der Waals surface area (Å²) < 4.78 is 32.7. The highest BCUT2D eigenvalue weighted by Gasteiger charge is 2.36. The number of benzene rings is 1. The second kappa shape index (κ2) is 6.21. The van der Waals surface area contributed by atoms with Gasteiger partial charge in [0.25, 0.3) is 0 Å². The average Bonchev–Trinajstić information content (AvgIpc) is 3.22. The molecule has 2 heterocycles. The number of rotatable bonds is 5. The van der Waals surface area contributed by atoms with Crippen LogP contribution in [-0.2, 0) is 27.8 Å². The van der Waals surface area contributed by atoms with Crippen molar-refractivity contribution in [3.8, 4) is 0 Å². The first-order chi connectivity index (χ1) is 12.0. The van der Waals surface area contributed by atoms with E-state index >= 15 is 0 Å². The van der Waals surface area contributed by atoms with Gasteiger partial charge in [-0.1, -0.05) is 17.3 Å². The summed E-state index contributed by atoms with van der Waals surface area (Å²) in [6.45, 7) is -0.0329. The maximum atomic E-state index is 12.5. The highest BCUT2D eigenvalue weighted by atomic mass is 32.2. The van der Waals surface area contributed by atoms with E-state index in [1.54, 1.807) is 29.5 Å². The average molecular weight is 378 g/mol. The first-order valence-electron chi connectivity index (χ1n) is 8.07. The van der Waals surface area contributed by atoms with E-state index in [4.69, 9.17) is 4.52 Å². The normalized spacial score (nSPS) is 20.7. The molecule has 0 saturated carbocycles. The number of para-hydroxylation sites is 1. The van der Waals surface area contributed by atoms with Gasteiger partial charge in [-0.05, 0) is 48.4 Å². The van der Waals surface area contributed by atoms with E-state index in [1.165, 1.54) is 0 Å². The Morgan fingerprint density at radius 3 is 3.04 bits per heavy atom. The molecule has 1 unspecified atom stereocenters. The molecule has 0 fully saturated rings. The van der Waals surface area contributed by atoms with Crippen molar-refractivity contribution >= 4 is 32.3 Å². The third-order valence-electron chi connectivity index (χ3n) is 4.60. The van der Waals surface area contributed by atoms with Crippen molar-refractivity contribution in [3.63, 3.8) is 0 Å². The molecule has 1 aliphatic carbocycles. The molecule has 0 aliphatic heterocycles. The SMILES string of the molecule is O=S(=O)(Cc1noc2ccccc12)NCC1(O)CCCc2sccc21. The van der Waals surface area contributed by atoms with Crippen LogP contribution in [0.5, 0.6) is 0 Å². The zero-order chi connectivity index (χ0) is 17.5. The van der Waals surface area contributed by atoms with E-state index in [0.717, 1.165) is 23.3 Å². The Morgan fingerprint density at radius 1 is 1.32 bits per heavy atom. The Balaban J connectivity index is 1.51. The summed E-state index contributed by atoms with van der Waals surface area (Å²) in [6.07, 6.45) is 2.33. The van der Waals surface area contributed by atoms with Gasteiger partial charge in [0, 0.05) is 16.8 Å². The lowest BCUT2D eigenvalue weighted by molar-refractivity contribution is 0.0251. The molecule has 2 N–H and O–H groups in total. The van der Waals surface area contributed by atoms with Crippen molar-refractivity contribution in [2.24, 2.45) is 0 Å². The van der Waals surface area contributed by atoms with Crippen LogP contribution in [0.15, 0.2) is 40.2 Å². The largest absolute Gasteiger partial charge is 0.384 e. The van der Waals surface area contributed by atoms with E-state index in [9.17, 15) is 13.5 Å². The Morgan fingerprint density at radius 2 is 2.16 bits per heavy atom. The van der Waals surface area contributed by atoms with Crippen molar-refractivity contribution in [2.75, 3.05) is 6.54 Å². The number of nitrogens with one attached hydrogen (secondary N) is 1. The third-order valence-corrected chi connectivity index (χ3v) is 6.82. The topological polar surface area (TPSA) is 92.4 Å². The fraction of sp³-hybridized carbons (Fsp3) is 0.353. The molecule has 132 valence electrons. The fourth-order valence-electron chi connectivity index (χ4n) is 3.31. The number of aromatic nitrogens is 1. The van der Waals surface area contributed by atoms with Gasteiger partial charge in [-0.3, -0.25) is 0 Å². The number of aliphatic hydroxyl groups is 1. The van der Waals surface area contributed by atoms with E-state index in [2.05, 4.69) is 9.88 Å². The number of thiophene rings is 1. The van der Waals surface area contributed by atoms with Gasteiger partial charge >= 0.3 is 0 Å². The summed E-state index contributed by atoms with van der Waals surface area (Å²) in [6, 6.07) is 9.03. The molecule has 0 spiro atoms. The van der Waals surface area contributed by atoms with Gasteiger partial charge in [0.1, 0.15) is 17.0 Å². The molecular formula is C17H18N2O4S2. The van der Waals surface area contributed by atoms with Crippen LogP contribution in [0.4, 0.5) is 0 Å². The minimum atomic E-state index is -3.65. The molecule has 4 rings (SSSR count).